The number of hydrogen-bond acceptors (Lipinski definition) is 0. The van der Waals surface area contributed by atoms with Crippen molar-refractivity contribution in [3.05, 3.63) is 36.0 Å². The first kappa shape index (κ1) is 8.25. The summed E-state index contributed by atoms with van der Waals surface area (Å²) < 4.78 is 13.3. The van der Waals surface area contributed by atoms with Crippen LogP contribution in [0.25, 0.3) is 0 Å². The Bertz CT molecular complexity index is 214. The zero-order chi connectivity index (χ0) is 8.32. The Labute approximate surface area is 67.1 Å². The monoisotopic (exact) mass is 152 g/mol. The molecule has 0 unspecified atom stereocenters. The van der Waals surface area contributed by atoms with Gasteiger partial charge in [-0.3, -0.25) is 0 Å². The van der Waals surface area contributed by atoms with Gasteiger partial charge in [0.2, 0.25) is 0 Å². The number of rotatable bonds is 1. The maximum atomic E-state index is 13.3. The van der Waals surface area contributed by atoms with Gasteiger partial charge in [-0.15, -0.1) is 0 Å². The quantitative estimate of drug-likeness (QED) is 0.541. The van der Waals surface area contributed by atoms with E-state index < -0.39 is 5.67 Å². The minimum atomic E-state index is -1.22. The van der Waals surface area contributed by atoms with E-state index in [0.717, 1.165) is 12.0 Å². The molecular weight excluding hydrogens is 139 g/mol. The van der Waals surface area contributed by atoms with Gasteiger partial charge in [0.1, 0.15) is 5.67 Å². The molecule has 0 fully saturated rings. The van der Waals surface area contributed by atoms with Crippen LogP contribution in [-0.2, 0) is 0 Å². The molecule has 0 aromatic heterocycles. The molecule has 0 saturated heterocycles. The Morgan fingerprint density at radius 2 is 2.09 bits per heavy atom. The van der Waals surface area contributed by atoms with Crippen LogP contribution in [0.4, 0.5) is 4.39 Å². The van der Waals surface area contributed by atoms with Crippen LogP contribution < -0.4 is 0 Å². The zero-order valence-electron chi connectivity index (χ0n) is 6.97. The molecule has 0 atom stereocenters. The second-order valence-corrected chi connectivity index (χ2v) is 3.16. The molecule has 0 aliphatic heterocycles. The molecule has 0 amide bonds. The number of halogens is 1. The topological polar surface area (TPSA) is 0 Å². The first-order valence-electron chi connectivity index (χ1n) is 3.83. The van der Waals surface area contributed by atoms with Crippen molar-refractivity contribution in [2.75, 3.05) is 0 Å². The Morgan fingerprint density at radius 1 is 1.36 bits per heavy atom. The fraction of sp³-hybridized carbons (Fsp3) is 0.400. The van der Waals surface area contributed by atoms with Crippen LogP contribution in [0.5, 0.6) is 0 Å². The fourth-order valence-corrected chi connectivity index (χ4v) is 0.976. The molecule has 11 heavy (non-hydrogen) atoms. The van der Waals surface area contributed by atoms with Crippen LogP contribution in [0, 0.1) is 0 Å². The summed E-state index contributed by atoms with van der Waals surface area (Å²) in [5, 5.41) is 0. The summed E-state index contributed by atoms with van der Waals surface area (Å²) in [5.41, 5.74) is -0.475. The predicted octanol–water partition coefficient (Wildman–Crippen LogP) is 3.18. The minimum absolute atomic E-state index is 0.742. The molecule has 0 nitrogen and oxygen atoms in total. The first-order chi connectivity index (χ1) is 5.11. The lowest BCUT2D eigenvalue weighted by Gasteiger charge is -2.14. The molecule has 1 heteroatoms. The van der Waals surface area contributed by atoms with Crippen molar-refractivity contribution >= 4 is 0 Å². The van der Waals surface area contributed by atoms with Crippen LogP contribution in [-0.4, -0.2) is 5.67 Å². The van der Waals surface area contributed by atoms with Gasteiger partial charge in [-0.2, -0.15) is 0 Å². The van der Waals surface area contributed by atoms with Gasteiger partial charge in [-0.1, -0.05) is 30.4 Å². The lowest BCUT2D eigenvalue weighted by molar-refractivity contribution is 0.274. The van der Waals surface area contributed by atoms with Crippen molar-refractivity contribution in [2.24, 2.45) is 0 Å². The van der Waals surface area contributed by atoms with E-state index in [2.05, 4.69) is 0 Å². The third-order valence-electron chi connectivity index (χ3n) is 1.67. The van der Waals surface area contributed by atoms with Gasteiger partial charge in [0, 0.05) is 0 Å². The van der Waals surface area contributed by atoms with Crippen molar-refractivity contribution in [3.63, 3.8) is 0 Å². The summed E-state index contributed by atoms with van der Waals surface area (Å²) in [7, 11) is 0. The zero-order valence-corrected chi connectivity index (χ0v) is 6.97. The van der Waals surface area contributed by atoms with Crippen LogP contribution in [0.15, 0.2) is 36.0 Å². The van der Waals surface area contributed by atoms with E-state index in [9.17, 15) is 4.39 Å². The van der Waals surface area contributed by atoms with Crippen molar-refractivity contribution in [1.29, 1.82) is 0 Å². The Morgan fingerprint density at radius 3 is 2.73 bits per heavy atom. The smallest absolute Gasteiger partial charge is 0.130 e. The van der Waals surface area contributed by atoms with Crippen molar-refractivity contribution in [3.8, 4) is 0 Å². The van der Waals surface area contributed by atoms with E-state index >= 15 is 0 Å². The second kappa shape index (κ2) is 3.04. The SMILES string of the molecule is CC(C)(F)C1=CC=CCC=C1. The summed E-state index contributed by atoms with van der Waals surface area (Å²) in [6.45, 7) is 3.14. The molecule has 0 N–H and O–H groups in total. The highest BCUT2D eigenvalue weighted by Gasteiger charge is 2.18. The normalized spacial score (nSPS) is 17.9. The lowest BCUT2D eigenvalue weighted by atomic mass is 10.00. The van der Waals surface area contributed by atoms with E-state index in [1.807, 2.05) is 30.4 Å². The molecule has 1 rings (SSSR count). The van der Waals surface area contributed by atoms with Gasteiger partial charge < -0.3 is 0 Å². The van der Waals surface area contributed by atoms with Crippen LogP contribution >= 0.6 is 0 Å². The third kappa shape index (κ3) is 2.34. The molecule has 1 aliphatic rings. The number of hydrogen-bond donors (Lipinski definition) is 0. The highest BCUT2D eigenvalue weighted by atomic mass is 19.1. The first-order valence-corrected chi connectivity index (χ1v) is 3.83. The van der Waals surface area contributed by atoms with Gasteiger partial charge >= 0.3 is 0 Å². The summed E-state index contributed by atoms with van der Waals surface area (Å²) in [6.07, 6.45) is 10.4. The van der Waals surface area contributed by atoms with Gasteiger partial charge in [0.25, 0.3) is 0 Å². The molecule has 0 radical (unpaired) electrons. The van der Waals surface area contributed by atoms with Gasteiger partial charge in [-0.25, -0.2) is 4.39 Å². The van der Waals surface area contributed by atoms with Crippen LogP contribution in [0.3, 0.4) is 0 Å². The van der Waals surface area contributed by atoms with Crippen molar-refractivity contribution in [1.82, 2.24) is 0 Å². The van der Waals surface area contributed by atoms with Gasteiger partial charge in [0.15, 0.2) is 0 Å². The summed E-state index contributed by atoms with van der Waals surface area (Å²) >= 11 is 0. The molecule has 0 aromatic rings. The molecule has 0 bridgehead atoms. The Kier molecular flexibility index (Phi) is 2.28. The van der Waals surface area contributed by atoms with E-state index in [1.54, 1.807) is 13.8 Å². The summed E-state index contributed by atoms with van der Waals surface area (Å²) in [4.78, 5) is 0. The Balaban J connectivity index is 2.86. The molecule has 0 spiro atoms. The molecule has 0 heterocycles. The summed E-state index contributed by atoms with van der Waals surface area (Å²) in [6, 6.07) is 0. The Hall–Kier alpha value is -0.850. The predicted molar refractivity (Wildman–Crippen MR) is 46.2 cm³/mol. The lowest BCUT2D eigenvalue weighted by Crippen LogP contribution is -2.13. The highest BCUT2D eigenvalue weighted by molar-refractivity contribution is 5.33. The standard InChI is InChI=1S/C10H13F/c1-10(2,11)9-7-5-3-4-6-8-9/h3,5-8H,4H2,1-2H3. The van der Waals surface area contributed by atoms with E-state index in [0.29, 0.717) is 0 Å². The third-order valence-corrected chi connectivity index (χ3v) is 1.67. The van der Waals surface area contributed by atoms with Crippen LogP contribution in [0.1, 0.15) is 20.3 Å². The molecule has 0 aromatic carbocycles. The average Bonchev–Trinajstić information content (AvgIpc) is 2.10. The molecule has 1 aliphatic carbocycles. The molecular formula is C10H13F. The van der Waals surface area contributed by atoms with Crippen molar-refractivity contribution < 1.29 is 4.39 Å². The number of allylic oxidation sites excluding steroid dienone is 6. The van der Waals surface area contributed by atoms with Gasteiger partial charge in [0.05, 0.1) is 0 Å². The van der Waals surface area contributed by atoms with Crippen molar-refractivity contribution in [2.45, 2.75) is 25.9 Å². The number of alkyl halides is 1. The molecule has 60 valence electrons. The van der Waals surface area contributed by atoms with E-state index in [1.165, 1.54) is 0 Å². The largest absolute Gasteiger partial charge is 0.239 e. The fourth-order valence-electron chi connectivity index (χ4n) is 0.976. The van der Waals surface area contributed by atoms with Crippen LogP contribution in [0.2, 0.25) is 0 Å². The molecule has 0 saturated carbocycles. The maximum absolute atomic E-state index is 13.3. The average molecular weight is 152 g/mol. The second-order valence-electron chi connectivity index (χ2n) is 3.16. The minimum Gasteiger partial charge on any atom is -0.239 e. The van der Waals surface area contributed by atoms with E-state index in [4.69, 9.17) is 0 Å². The summed E-state index contributed by atoms with van der Waals surface area (Å²) in [5.74, 6) is 0. The highest BCUT2D eigenvalue weighted by Crippen LogP contribution is 2.22. The van der Waals surface area contributed by atoms with E-state index in [-0.39, 0.29) is 0 Å². The maximum Gasteiger partial charge on any atom is 0.130 e. The van der Waals surface area contributed by atoms with Gasteiger partial charge in [-0.05, 0) is 25.8 Å².